The Balaban J connectivity index is 0.00000289. The number of hydrogen-bond acceptors (Lipinski definition) is 3. The van der Waals surface area contributed by atoms with Crippen LogP contribution in [0.15, 0.2) is 30.3 Å². The molecule has 1 aromatic rings. The molecule has 4 nitrogen and oxygen atoms in total. The SMILES string of the molecule is CC(C)C[C@H](NC=O)C(=O)Oc1ccccc1.[NaH]. The van der Waals surface area contributed by atoms with Crippen molar-refractivity contribution in [3.05, 3.63) is 30.3 Å². The quantitative estimate of drug-likeness (QED) is 0.360. The van der Waals surface area contributed by atoms with Crippen LogP contribution in [0.1, 0.15) is 20.3 Å². The molecule has 0 aliphatic rings. The van der Waals surface area contributed by atoms with E-state index < -0.39 is 12.0 Å². The summed E-state index contributed by atoms with van der Waals surface area (Å²) in [5.41, 5.74) is 0. The van der Waals surface area contributed by atoms with Gasteiger partial charge in [-0.2, -0.15) is 0 Å². The van der Waals surface area contributed by atoms with E-state index in [1.807, 2.05) is 19.9 Å². The van der Waals surface area contributed by atoms with E-state index in [2.05, 4.69) is 5.32 Å². The first kappa shape index (κ1) is 17.2. The second kappa shape index (κ2) is 9.14. The summed E-state index contributed by atoms with van der Waals surface area (Å²) in [7, 11) is 0. The van der Waals surface area contributed by atoms with E-state index in [1.165, 1.54) is 0 Å². The molecule has 0 spiro atoms. The Kier molecular flexibility index (Phi) is 8.71. The van der Waals surface area contributed by atoms with Crippen molar-refractivity contribution in [2.45, 2.75) is 26.3 Å². The number of ether oxygens (including phenoxy) is 1. The average Bonchev–Trinajstić information content (AvgIpc) is 2.29. The van der Waals surface area contributed by atoms with E-state index in [4.69, 9.17) is 4.74 Å². The summed E-state index contributed by atoms with van der Waals surface area (Å²) in [6.07, 6.45) is 1.09. The molecule has 0 fully saturated rings. The molecule has 0 aromatic heterocycles. The van der Waals surface area contributed by atoms with Crippen molar-refractivity contribution in [1.82, 2.24) is 5.32 Å². The third-order valence-corrected chi connectivity index (χ3v) is 2.22. The van der Waals surface area contributed by atoms with Crippen LogP contribution in [0, 0.1) is 5.92 Å². The first-order chi connectivity index (χ1) is 8.13. The molecule has 0 aliphatic heterocycles. The molecule has 1 aromatic carbocycles. The van der Waals surface area contributed by atoms with Crippen LogP contribution in [0.5, 0.6) is 5.75 Å². The van der Waals surface area contributed by atoms with Gasteiger partial charge in [0.15, 0.2) is 0 Å². The number of rotatable bonds is 6. The van der Waals surface area contributed by atoms with Crippen molar-refractivity contribution in [2.24, 2.45) is 5.92 Å². The second-order valence-electron chi connectivity index (χ2n) is 4.20. The van der Waals surface area contributed by atoms with Gasteiger partial charge in [-0.05, 0) is 24.5 Å². The van der Waals surface area contributed by atoms with E-state index in [-0.39, 0.29) is 29.6 Å². The van der Waals surface area contributed by atoms with Gasteiger partial charge < -0.3 is 10.1 Å². The van der Waals surface area contributed by atoms with Gasteiger partial charge in [-0.15, -0.1) is 0 Å². The zero-order chi connectivity index (χ0) is 12.7. The van der Waals surface area contributed by atoms with Gasteiger partial charge in [-0.25, -0.2) is 4.79 Å². The molecule has 0 radical (unpaired) electrons. The number of amides is 1. The predicted molar refractivity (Wildman–Crippen MR) is 71.7 cm³/mol. The number of hydrogen-bond donors (Lipinski definition) is 1. The van der Waals surface area contributed by atoms with Crippen molar-refractivity contribution in [3.63, 3.8) is 0 Å². The first-order valence-corrected chi connectivity index (χ1v) is 5.60. The van der Waals surface area contributed by atoms with Crippen LogP contribution in [0.3, 0.4) is 0 Å². The van der Waals surface area contributed by atoms with Gasteiger partial charge in [0.1, 0.15) is 11.8 Å². The molecule has 0 aliphatic carbocycles. The van der Waals surface area contributed by atoms with Gasteiger partial charge >= 0.3 is 35.5 Å². The van der Waals surface area contributed by atoms with Gasteiger partial charge in [0.25, 0.3) is 0 Å². The number of nitrogens with one attached hydrogen (secondary N) is 1. The van der Waals surface area contributed by atoms with Gasteiger partial charge in [0.05, 0.1) is 0 Å². The van der Waals surface area contributed by atoms with E-state index in [9.17, 15) is 9.59 Å². The van der Waals surface area contributed by atoms with Crippen LogP contribution in [-0.4, -0.2) is 48.0 Å². The molecule has 1 amide bonds. The number of esters is 1. The topological polar surface area (TPSA) is 55.4 Å². The Morgan fingerprint density at radius 1 is 1.33 bits per heavy atom. The standard InChI is InChI=1S/C13H17NO3.Na.H/c1-10(2)8-12(14-9-15)13(16)17-11-6-4-3-5-7-11;;/h3-7,9-10,12H,8H2,1-2H3,(H,14,15);;/t12-;;/m0../s1. The summed E-state index contributed by atoms with van der Waals surface area (Å²) < 4.78 is 5.17. The molecular weight excluding hydrogens is 241 g/mol. The van der Waals surface area contributed by atoms with E-state index in [1.54, 1.807) is 24.3 Å². The van der Waals surface area contributed by atoms with Gasteiger partial charge in [0, 0.05) is 0 Å². The number of carbonyl (C=O) groups excluding carboxylic acids is 2. The van der Waals surface area contributed by atoms with E-state index in [0.717, 1.165) is 0 Å². The molecule has 0 saturated carbocycles. The van der Waals surface area contributed by atoms with Crippen molar-refractivity contribution in [3.8, 4) is 5.75 Å². The molecule has 1 atom stereocenters. The predicted octanol–water partition coefficient (Wildman–Crippen LogP) is 1.10. The maximum absolute atomic E-state index is 11.8. The molecular formula is C13H18NNaO3. The molecule has 18 heavy (non-hydrogen) atoms. The Morgan fingerprint density at radius 2 is 1.94 bits per heavy atom. The fourth-order valence-corrected chi connectivity index (χ4v) is 1.46. The van der Waals surface area contributed by atoms with Crippen LogP contribution in [0.25, 0.3) is 0 Å². The minimum absolute atomic E-state index is 0. The van der Waals surface area contributed by atoms with Crippen molar-refractivity contribution >= 4 is 41.9 Å². The molecule has 0 heterocycles. The minimum atomic E-state index is -0.590. The number of benzene rings is 1. The second-order valence-corrected chi connectivity index (χ2v) is 4.20. The summed E-state index contributed by atoms with van der Waals surface area (Å²) in [5.74, 6) is 0.353. The normalized spacial score (nSPS) is 11.3. The Labute approximate surface area is 129 Å². The first-order valence-electron chi connectivity index (χ1n) is 5.60. The van der Waals surface area contributed by atoms with Crippen LogP contribution < -0.4 is 10.1 Å². The van der Waals surface area contributed by atoms with Crippen LogP contribution in [0.4, 0.5) is 0 Å². The van der Waals surface area contributed by atoms with E-state index >= 15 is 0 Å². The van der Waals surface area contributed by atoms with Gasteiger partial charge in [0.2, 0.25) is 6.41 Å². The molecule has 1 rings (SSSR count). The summed E-state index contributed by atoms with van der Waals surface area (Å²) in [5, 5.41) is 2.48. The molecule has 5 heteroatoms. The summed E-state index contributed by atoms with van der Waals surface area (Å²) in [6.45, 7) is 3.96. The summed E-state index contributed by atoms with van der Waals surface area (Å²) in [6, 6.07) is 8.22. The Bertz CT molecular complexity index is 368. The fourth-order valence-electron chi connectivity index (χ4n) is 1.46. The van der Waals surface area contributed by atoms with Crippen LogP contribution in [0.2, 0.25) is 0 Å². The number of carbonyl (C=O) groups is 2. The third kappa shape index (κ3) is 6.19. The maximum atomic E-state index is 11.8. The molecule has 94 valence electrons. The zero-order valence-corrected chi connectivity index (χ0v) is 10.1. The van der Waals surface area contributed by atoms with Crippen LogP contribution in [-0.2, 0) is 9.59 Å². The average molecular weight is 259 g/mol. The Morgan fingerprint density at radius 3 is 2.44 bits per heavy atom. The van der Waals surface area contributed by atoms with Crippen LogP contribution >= 0.6 is 0 Å². The van der Waals surface area contributed by atoms with E-state index in [0.29, 0.717) is 24.5 Å². The molecule has 0 unspecified atom stereocenters. The monoisotopic (exact) mass is 259 g/mol. The molecule has 0 bridgehead atoms. The fraction of sp³-hybridized carbons (Fsp3) is 0.385. The Hall–Kier alpha value is -0.840. The summed E-state index contributed by atoms with van der Waals surface area (Å²) >= 11 is 0. The molecule has 0 saturated heterocycles. The zero-order valence-electron chi connectivity index (χ0n) is 10.1. The number of para-hydroxylation sites is 1. The summed E-state index contributed by atoms with van der Waals surface area (Å²) in [4.78, 5) is 22.2. The third-order valence-electron chi connectivity index (χ3n) is 2.22. The van der Waals surface area contributed by atoms with Crippen molar-refractivity contribution in [1.29, 1.82) is 0 Å². The van der Waals surface area contributed by atoms with Crippen molar-refractivity contribution in [2.75, 3.05) is 0 Å². The van der Waals surface area contributed by atoms with Crippen molar-refractivity contribution < 1.29 is 14.3 Å². The van der Waals surface area contributed by atoms with Gasteiger partial charge in [-0.3, -0.25) is 4.79 Å². The van der Waals surface area contributed by atoms with Gasteiger partial charge in [-0.1, -0.05) is 32.0 Å². The molecule has 1 N–H and O–H groups in total.